The lowest BCUT2D eigenvalue weighted by Crippen LogP contribution is -2.47. The molecule has 2 aromatic rings. The molecule has 0 bridgehead atoms. The van der Waals surface area contributed by atoms with Gasteiger partial charge in [0.2, 0.25) is 5.88 Å². The Hall–Kier alpha value is -3.00. The summed E-state index contributed by atoms with van der Waals surface area (Å²) in [5, 5.41) is 0.199. The van der Waals surface area contributed by atoms with Crippen LogP contribution < -0.4 is 25.1 Å². The topological polar surface area (TPSA) is 98.8 Å². The third-order valence-electron chi connectivity index (χ3n) is 3.53. The Morgan fingerprint density at radius 1 is 1.07 bits per heavy atom. The molecule has 1 aromatic heterocycles. The Balaban J connectivity index is 1.87. The molecular weight excluding hydrogens is 398 g/mol. The summed E-state index contributed by atoms with van der Waals surface area (Å²) in [7, 11) is 0. The van der Waals surface area contributed by atoms with Crippen molar-refractivity contribution in [3.63, 3.8) is 0 Å². The molecule has 0 aliphatic heterocycles. The lowest BCUT2D eigenvalue weighted by Gasteiger charge is -2.15. The number of hydrazine groups is 1. The van der Waals surface area contributed by atoms with Crippen LogP contribution in [0, 0.1) is 0 Å². The van der Waals surface area contributed by atoms with Gasteiger partial charge in [0, 0.05) is 6.20 Å². The predicted octanol–water partition coefficient (Wildman–Crippen LogP) is 3.15. The van der Waals surface area contributed by atoms with Crippen molar-refractivity contribution >= 4 is 23.4 Å². The fourth-order valence-corrected chi connectivity index (χ4v) is 2.40. The Bertz CT molecular complexity index is 843. The van der Waals surface area contributed by atoms with E-state index in [0.717, 1.165) is 0 Å². The van der Waals surface area contributed by atoms with Gasteiger partial charge in [0.25, 0.3) is 11.8 Å². The Labute approximate surface area is 174 Å². The highest BCUT2D eigenvalue weighted by molar-refractivity contribution is 6.32. The number of amides is 2. The van der Waals surface area contributed by atoms with Crippen molar-refractivity contribution in [2.45, 2.75) is 39.9 Å². The zero-order chi connectivity index (χ0) is 21.4. The molecule has 0 saturated carbocycles. The van der Waals surface area contributed by atoms with E-state index >= 15 is 0 Å². The van der Waals surface area contributed by atoms with Crippen molar-refractivity contribution in [3.05, 3.63) is 47.1 Å². The fourth-order valence-electron chi connectivity index (χ4n) is 2.19. The summed E-state index contributed by atoms with van der Waals surface area (Å²) < 4.78 is 16.3. The van der Waals surface area contributed by atoms with Crippen LogP contribution in [0.3, 0.4) is 0 Å². The second-order valence-corrected chi connectivity index (χ2v) is 6.69. The standard InChI is InChI=1S/C20H24ClN3O5/c1-5-27-15-6-8-16(9-7-15)29-13(4)18(25)23-24-19(26)14-10-17(21)20(22-11-14)28-12(2)3/h6-13H,5H2,1-4H3,(H,23,25)(H,24,26). The van der Waals surface area contributed by atoms with Crippen molar-refractivity contribution in [2.24, 2.45) is 0 Å². The van der Waals surface area contributed by atoms with Gasteiger partial charge in [-0.2, -0.15) is 0 Å². The van der Waals surface area contributed by atoms with Crippen LogP contribution >= 0.6 is 11.6 Å². The molecule has 2 amide bonds. The highest BCUT2D eigenvalue weighted by atomic mass is 35.5. The smallest absolute Gasteiger partial charge is 0.279 e. The lowest BCUT2D eigenvalue weighted by atomic mass is 10.3. The van der Waals surface area contributed by atoms with Crippen molar-refractivity contribution < 1.29 is 23.8 Å². The SMILES string of the molecule is CCOc1ccc(OC(C)C(=O)NNC(=O)c2cnc(OC(C)C)c(Cl)c2)cc1. The first-order chi connectivity index (χ1) is 13.8. The van der Waals surface area contributed by atoms with E-state index in [2.05, 4.69) is 15.8 Å². The largest absolute Gasteiger partial charge is 0.494 e. The van der Waals surface area contributed by atoms with E-state index in [0.29, 0.717) is 18.1 Å². The number of hydrogen-bond donors (Lipinski definition) is 2. The normalized spacial score (nSPS) is 11.5. The molecule has 1 unspecified atom stereocenters. The van der Waals surface area contributed by atoms with Crippen LogP contribution in [0.4, 0.5) is 0 Å². The first-order valence-corrected chi connectivity index (χ1v) is 9.49. The Morgan fingerprint density at radius 2 is 1.72 bits per heavy atom. The maximum Gasteiger partial charge on any atom is 0.279 e. The van der Waals surface area contributed by atoms with E-state index in [1.807, 2.05) is 20.8 Å². The monoisotopic (exact) mass is 421 g/mol. The maximum absolute atomic E-state index is 12.2. The summed E-state index contributed by atoms with van der Waals surface area (Å²) >= 11 is 6.07. The highest BCUT2D eigenvalue weighted by Gasteiger charge is 2.17. The van der Waals surface area contributed by atoms with Crippen LogP contribution in [0.25, 0.3) is 0 Å². The van der Waals surface area contributed by atoms with Gasteiger partial charge in [-0.1, -0.05) is 11.6 Å². The quantitative estimate of drug-likeness (QED) is 0.635. The van der Waals surface area contributed by atoms with Gasteiger partial charge >= 0.3 is 0 Å². The summed E-state index contributed by atoms with van der Waals surface area (Å²) in [6.45, 7) is 7.69. The van der Waals surface area contributed by atoms with E-state index in [1.54, 1.807) is 31.2 Å². The lowest BCUT2D eigenvalue weighted by molar-refractivity contribution is -0.128. The molecule has 8 nitrogen and oxygen atoms in total. The third kappa shape index (κ3) is 6.83. The molecule has 0 aliphatic rings. The summed E-state index contributed by atoms with van der Waals surface area (Å²) in [4.78, 5) is 28.4. The molecule has 1 aromatic carbocycles. The second kappa shape index (κ2) is 10.5. The van der Waals surface area contributed by atoms with Crippen LogP contribution in [-0.2, 0) is 4.79 Å². The van der Waals surface area contributed by atoms with Crippen molar-refractivity contribution in [1.29, 1.82) is 0 Å². The van der Waals surface area contributed by atoms with Crippen molar-refractivity contribution in [3.8, 4) is 17.4 Å². The molecule has 156 valence electrons. The Morgan fingerprint density at radius 3 is 2.31 bits per heavy atom. The molecule has 2 N–H and O–H groups in total. The molecule has 0 fully saturated rings. The molecule has 9 heteroatoms. The minimum absolute atomic E-state index is 0.101. The van der Waals surface area contributed by atoms with Gasteiger partial charge in [-0.05, 0) is 58.0 Å². The van der Waals surface area contributed by atoms with Crippen molar-refractivity contribution in [1.82, 2.24) is 15.8 Å². The van der Waals surface area contributed by atoms with Gasteiger partial charge in [0.1, 0.15) is 16.5 Å². The minimum Gasteiger partial charge on any atom is -0.494 e. The third-order valence-corrected chi connectivity index (χ3v) is 3.80. The summed E-state index contributed by atoms with van der Waals surface area (Å²) in [6, 6.07) is 8.29. The molecular formula is C20H24ClN3O5. The van der Waals surface area contributed by atoms with Crippen LogP contribution in [0.5, 0.6) is 17.4 Å². The van der Waals surface area contributed by atoms with Gasteiger partial charge in [-0.25, -0.2) is 4.98 Å². The predicted molar refractivity (Wildman–Crippen MR) is 108 cm³/mol. The molecule has 2 rings (SSSR count). The van der Waals surface area contributed by atoms with Crippen LogP contribution in [0.2, 0.25) is 5.02 Å². The van der Waals surface area contributed by atoms with Gasteiger partial charge < -0.3 is 14.2 Å². The summed E-state index contributed by atoms with van der Waals surface area (Å²) in [6.07, 6.45) is 0.373. The number of pyridine rings is 1. The zero-order valence-electron chi connectivity index (χ0n) is 16.7. The van der Waals surface area contributed by atoms with Crippen LogP contribution in [0.15, 0.2) is 36.5 Å². The average molecular weight is 422 g/mol. The molecule has 1 atom stereocenters. The maximum atomic E-state index is 12.2. The number of benzene rings is 1. The number of rotatable bonds is 8. The molecule has 0 spiro atoms. The number of ether oxygens (including phenoxy) is 3. The van der Waals surface area contributed by atoms with E-state index < -0.39 is 17.9 Å². The zero-order valence-corrected chi connectivity index (χ0v) is 17.4. The molecule has 1 heterocycles. The molecule has 0 saturated heterocycles. The highest BCUT2D eigenvalue weighted by Crippen LogP contribution is 2.23. The summed E-state index contributed by atoms with van der Waals surface area (Å²) in [5.74, 6) is 0.350. The Kier molecular flexibility index (Phi) is 8.09. The number of carbonyl (C=O) groups excluding carboxylic acids is 2. The van der Waals surface area contributed by atoms with E-state index in [4.69, 9.17) is 25.8 Å². The molecule has 0 radical (unpaired) electrons. The molecule has 0 aliphatic carbocycles. The van der Waals surface area contributed by atoms with Gasteiger partial charge in [0.05, 0.1) is 18.3 Å². The number of carbonyl (C=O) groups is 2. The minimum atomic E-state index is -0.836. The first-order valence-electron chi connectivity index (χ1n) is 9.12. The van der Waals surface area contributed by atoms with Gasteiger partial charge in [-0.15, -0.1) is 0 Å². The summed E-state index contributed by atoms with van der Waals surface area (Å²) in [5.41, 5.74) is 4.78. The number of nitrogens with zero attached hydrogens (tertiary/aromatic N) is 1. The van der Waals surface area contributed by atoms with Crippen molar-refractivity contribution in [2.75, 3.05) is 6.61 Å². The first kappa shape index (κ1) is 22.3. The van der Waals surface area contributed by atoms with E-state index in [1.165, 1.54) is 12.3 Å². The average Bonchev–Trinajstić information content (AvgIpc) is 2.68. The molecule has 29 heavy (non-hydrogen) atoms. The second-order valence-electron chi connectivity index (χ2n) is 6.29. The number of nitrogens with one attached hydrogen (secondary N) is 2. The van der Waals surface area contributed by atoms with E-state index in [-0.39, 0.29) is 22.6 Å². The fraction of sp³-hybridized carbons (Fsp3) is 0.350. The number of aromatic nitrogens is 1. The van der Waals surface area contributed by atoms with Crippen LogP contribution in [-0.4, -0.2) is 35.6 Å². The van der Waals surface area contributed by atoms with Gasteiger partial charge in [0.15, 0.2) is 6.10 Å². The van der Waals surface area contributed by atoms with Gasteiger partial charge in [-0.3, -0.25) is 20.4 Å². The number of hydrogen-bond acceptors (Lipinski definition) is 6. The van der Waals surface area contributed by atoms with E-state index in [9.17, 15) is 9.59 Å². The number of halogens is 1. The van der Waals surface area contributed by atoms with Crippen LogP contribution in [0.1, 0.15) is 38.1 Å².